The molecule has 10 nitrogen and oxygen atoms in total. The zero-order chi connectivity index (χ0) is 32.9. The summed E-state index contributed by atoms with van der Waals surface area (Å²) in [4.78, 5) is 54.3. The Balaban J connectivity index is 1.09. The molecular weight excluding hydrogens is 611 g/mol. The third kappa shape index (κ3) is 5.23. The van der Waals surface area contributed by atoms with Gasteiger partial charge in [0.15, 0.2) is 17.1 Å². The van der Waals surface area contributed by atoms with Gasteiger partial charge in [0.05, 0.1) is 12.1 Å². The number of aromatic amines is 1. The quantitative estimate of drug-likeness (QED) is 0.269. The zero-order valence-corrected chi connectivity index (χ0v) is 24.9. The van der Waals surface area contributed by atoms with Gasteiger partial charge in [-0.1, -0.05) is 36.4 Å². The second-order valence-electron chi connectivity index (χ2n) is 11.6. The number of nitrogens with one attached hydrogen (secondary N) is 1. The van der Waals surface area contributed by atoms with Crippen LogP contribution in [0.2, 0.25) is 0 Å². The number of rotatable bonds is 6. The predicted molar refractivity (Wildman–Crippen MR) is 167 cm³/mol. The minimum Gasteiger partial charge on any atom is -0.369 e. The van der Waals surface area contributed by atoms with Crippen LogP contribution in [0.3, 0.4) is 0 Å². The molecule has 0 radical (unpaired) electrons. The summed E-state index contributed by atoms with van der Waals surface area (Å²) in [5.74, 6) is -2.45. The second-order valence-corrected chi connectivity index (χ2v) is 11.6. The highest BCUT2D eigenvalue weighted by molar-refractivity contribution is 6.09. The molecule has 2 aliphatic heterocycles. The number of carbonyl (C=O) groups excluding carboxylic acids is 2. The number of hydrogen-bond acceptors (Lipinski definition) is 6. The van der Waals surface area contributed by atoms with Crippen molar-refractivity contribution in [2.45, 2.75) is 31.0 Å². The number of likely N-dealkylation sites (tertiary alicyclic amines) is 1. The lowest BCUT2D eigenvalue weighted by atomic mass is 9.82. The Kier molecular flexibility index (Phi) is 7.38. The van der Waals surface area contributed by atoms with Gasteiger partial charge in [0, 0.05) is 24.7 Å². The molecule has 1 fully saturated rings. The van der Waals surface area contributed by atoms with Crippen molar-refractivity contribution in [3.05, 3.63) is 135 Å². The molecule has 4 heterocycles. The topological polar surface area (TPSA) is 130 Å². The summed E-state index contributed by atoms with van der Waals surface area (Å²) in [6.07, 6.45) is 1.03. The number of carbonyl (C=O) groups is 2. The molecule has 238 valence electrons. The van der Waals surface area contributed by atoms with Gasteiger partial charge < -0.3 is 10.6 Å². The summed E-state index contributed by atoms with van der Waals surface area (Å²) in [5, 5.41) is 0. The predicted octanol–water partition coefficient (Wildman–Crippen LogP) is 4.22. The molecule has 2 aliphatic rings. The number of nitrogens with zero attached hydrogens (tertiary/aromatic N) is 5. The van der Waals surface area contributed by atoms with E-state index in [0.717, 1.165) is 0 Å². The van der Waals surface area contributed by atoms with Crippen LogP contribution in [-0.4, -0.2) is 55.2 Å². The monoisotopic (exact) mass is 639 g/mol. The Labute approximate surface area is 266 Å². The van der Waals surface area contributed by atoms with Gasteiger partial charge >= 0.3 is 5.69 Å². The molecule has 2 aromatic heterocycles. The average molecular weight is 640 g/mol. The Hall–Kier alpha value is -5.72. The van der Waals surface area contributed by atoms with E-state index in [0.29, 0.717) is 53.7 Å². The smallest absolute Gasteiger partial charge is 0.327 e. The van der Waals surface area contributed by atoms with Crippen molar-refractivity contribution in [1.29, 1.82) is 0 Å². The van der Waals surface area contributed by atoms with Gasteiger partial charge in [-0.15, -0.1) is 0 Å². The number of aromatic nitrogens is 3. The van der Waals surface area contributed by atoms with Crippen molar-refractivity contribution in [1.82, 2.24) is 24.3 Å². The van der Waals surface area contributed by atoms with Crippen LogP contribution in [0.4, 0.5) is 13.2 Å². The largest absolute Gasteiger partial charge is 0.369 e. The van der Waals surface area contributed by atoms with E-state index in [9.17, 15) is 27.6 Å². The van der Waals surface area contributed by atoms with Crippen LogP contribution in [0.15, 0.2) is 94.7 Å². The third-order valence-corrected chi connectivity index (χ3v) is 8.81. The number of aliphatic imine (C=N–C) groups is 1. The maximum atomic E-state index is 14.1. The van der Waals surface area contributed by atoms with E-state index in [2.05, 4.69) is 15.0 Å². The summed E-state index contributed by atoms with van der Waals surface area (Å²) in [6.45, 7) is 0.784. The summed E-state index contributed by atoms with van der Waals surface area (Å²) >= 11 is 0. The number of amides is 2. The van der Waals surface area contributed by atoms with Crippen molar-refractivity contribution >= 4 is 28.9 Å². The molecule has 7 rings (SSSR count). The minimum atomic E-state index is -1.65. The summed E-state index contributed by atoms with van der Waals surface area (Å²) in [7, 11) is 0. The Morgan fingerprint density at radius 3 is 2.17 bits per heavy atom. The maximum absolute atomic E-state index is 14.1. The van der Waals surface area contributed by atoms with Crippen LogP contribution >= 0.6 is 0 Å². The highest BCUT2D eigenvalue weighted by Gasteiger charge is 2.50. The Morgan fingerprint density at radius 1 is 0.894 bits per heavy atom. The molecule has 5 aromatic rings. The number of fused-ring (bicyclic) bond motifs is 1. The number of nitrogens with two attached hydrogens (primary N) is 1. The first-order valence-corrected chi connectivity index (χ1v) is 15.0. The van der Waals surface area contributed by atoms with Gasteiger partial charge in [-0.3, -0.25) is 24.0 Å². The number of benzene rings is 3. The molecule has 0 bridgehead atoms. The summed E-state index contributed by atoms with van der Waals surface area (Å²) < 4.78 is 42.8. The third-order valence-electron chi connectivity index (χ3n) is 8.81. The van der Waals surface area contributed by atoms with Crippen molar-refractivity contribution < 1.29 is 22.8 Å². The fourth-order valence-electron chi connectivity index (χ4n) is 6.50. The van der Waals surface area contributed by atoms with E-state index in [1.54, 1.807) is 33.7 Å². The van der Waals surface area contributed by atoms with E-state index in [4.69, 9.17) is 5.73 Å². The van der Waals surface area contributed by atoms with E-state index in [1.165, 1.54) is 65.6 Å². The fraction of sp³-hybridized carbons (Fsp3) is 0.206. The van der Waals surface area contributed by atoms with Crippen molar-refractivity contribution in [3.8, 4) is 0 Å². The number of halogens is 3. The van der Waals surface area contributed by atoms with E-state index in [-0.39, 0.29) is 35.8 Å². The summed E-state index contributed by atoms with van der Waals surface area (Å²) in [6, 6.07) is 20.1. The SMILES string of the molecule is NC1=NC(c2ccc(F)cc2)(c2ccc(F)cc2)C(=O)N1Cc1cccc(C(=O)N2CCC(n3c(=O)[nH]c4nc(F)ccc43)CC2)c1. The molecule has 0 atom stereocenters. The van der Waals surface area contributed by atoms with Crippen LogP contribution in [0.1, 0.15) is 45.9 Å². The van der Waals surface area contributed by atoms with Gasteiger partial charge in [0.2, 0.25) is 5.95 Å². The van der Waals surface area contributed by atoms with Crippen molar-refractivity contribution in [2.24, 2.45) is 10.7 Å². The summed E-state index contributed by atoms with van der Waals surface area (Å²) in [5.41, 5.74) is 6.76. The molecule has 47 heavy (non-hydrogen) atoms. The van der Waals surface area contributed by atoms with E-state index in [1.807, 2.05) is 0 Å². The first-order chi connectivity index (χ1) is 22.6. The lowest BCUT2D eigenvalue weighted by Crippen LogP contribution is -2.43. The maximum Gasteiger partial charge on any atom is 0.327 e. The molecule has 0 unspecified atom stereocenters. The number of guanidine groups is 1. The van der Waals surface area contributed by atoms with Crippen LogP contribution in [0.5, 0.6) is 0 Å². The second kappa shape index (κ2) is 11.6. The highest BCUT2D eigenvalue weighted by Crippen LogP contribution is 2.40. The van der Waals surface area contributed by atoms with Crippen LogP contribution in [0.25, 0.3) is 11.2 Å². The number of H-pyrrole nitrogens is 1. The Bertz CT molecular complexity index is 2050. The van der Waals surface area contributed by atoms with E-state index < -0.39 is 29.0 Å². The first kappa shape index (κ1) is 30.0. The molecular formula is C34H28F3N7O3. The number of hydrogen-bond donors (Lipinski definition) is 2. The lowest BCUT2D eigenvalue weighted by Gasteiger charge is -2.32. The fourth-order valence-corrected chi connectivity index (χ4v) is 6.50. The number of piperidine rings is 1. The molecule has 13 heteroatoms. The normalized spacial score (nSPS) is 16.6. The van der Waals surface area contributed by atoms with Gasteiger partial charge in [0.25, 0.3) is 11.8 Å². The molecule has 0 aliphatic carbocycles. The Morgan fingerprint density at radius 2 is 1.53 bits per heavy atom. The number of pyridine rings is 1. The molecule has 2 amide bonds. The van der Waals surface area contributed by atoms with Crippen LogP contribution < -0.4 is 11.4 Å². The molecule has 0 saturated carbocycles. The molecule has 3 aromatic carbocycles. The first-order valence-electron chi connectivity index (χ1n) is 15.0. The standard InChI is InChI=1S/C34H28F3N7O3/c35-24-8-4-22(5-9-24)34(23-6-10-25(36)11-7-23)31(46)43(32(38)41-34)19-20-2-1-3-21(18-20)30(45)42-16-14-26(15-17-42)44-27-12-13-28(37)39-29(27)40-33(44)47/h1-13,18,26H,14-17,19H2,(H2,38,41)(H,39,40,47). The van der Waals surface area contributed by atoms with Crippen molar-refractivity contribution in [3.63, 3.8) is 0 Å². The highest BCUT2D eigenvalue weighted by atomic mass is 19.1. The molecule has 1 saturated heterocycles. The van der Waals surface area contributed by atoms with Crippen LogP contribution in [0, 0.1) is 17.6 Å². The van der Waals surface area contributed by atoms with E-state index >= 15 is 0 Å². The van der Waals surface area contributed by atoms with Crippen molar-refractivity contribution in [2.75, 3.05) is 13.1 Å². The lowest BCUT2D eigenvalue weighted by molar-refractivity contribution is -0.130. The zero-order valence-electron chi connectivity index (χ0n) is 24.9. The average Bonchev–Trinajstić information content (AvgIpc) is 3.53. The van der Waals surface area contributed by atoms with Crippen LogP contribution in [-0.2, 0) is 16.9 Å². The van der Waals surface area contributed by atoms with Gasteiger partial charge in [-0.05, 0) is 78.1 Å². The molecule has 3 N–H and O–H groups in total. The van der Waals surface area contributed by atoms with Gasteiger partial charge in [0.1, 0.15) is 11.6 Å². The van der Waals surface area contributed by atoms with Gasteiger partial charge in [-0.2, -0.15) is 9.37 Å². The molecule has 0 spiro atoms. The minimum absolute atomic E-state index is 0.000386. The van der Waals surface area contributed by atoms with Gasteiger partial charge in [-0.25, -0.2) is 18.6 Å². The number of imidazole rings is 1.